The van der Waals surface area contributed by atoms with Gasteiger partial charge in [0.1, 0.15) is 29.5 Å². The number of benzene rings is 3. The number of hydrogen-bond donors (Lipinski definition) is 1. The average molecular weight is 473 g/mol. The largest absolute Gasteiger partial charge is 0.488 e. The van der Waals surface area contributed by atoms with Gasteiger partial charge in [0.25, 0.3) is 0 Å². The van der Waals surface area contributed by atoms with Crippen molar-refractivity contribution < 1.29 is 24.1 Å². The molecule has 35 heavy (non-hydrogen) atoms. The Balaban J connectivity index is 1.59. The summed E-state index contributed by atoms with van der Waals surface area (Å²) in [4.78, 5) is 13.3. The van der Waals surface area contributed by atoms with Gasteiger partial charge in [0.15, 0.2) is 6.61 Å². The highest BCUT2D eigenvalue weighted by molar-refractivity contribution is 6.00. The fourth-order valence-corrected chi connectivity index (χ4v) is 4.11. The van der Waals surface area contributed by atoms with Crippen LogP contribution in [0, 0.1) is 6.92 Å². The smallest absolute Gasteiger partial charge is 0.203 e. The summed E-state index contributed by atoms with van der Waals surface area (Å²) in [5, 5.41) is 10.0. The fourth-order valence-electron chi connectivity index (χ4n) is 4.11. The number of aryl methyl sites for hydroxylation is 2. The minimum Gasteiger partial charge on any atom is -0.488 e. The lowest BCUT2D eigenvalue weighted by molar-refractivity contribution is 0.0913. The monoisotopic (exact) mass is 472 g/mol. The van der Waals surface area contributed by atoms with Gasteiger partial charge in [-0.05, 0) is 74.2 Å². The van der Waals surface area contributed by atoms with Gasteiger partial charge in [-0.3, -0.25) is 4.79 Å². The Bertz CT molecular complexity index is 1240. The first-order chi connectivity index (χ1) is 16.8. The maximum atomic E-state index is 13.3. The van der Waals surface area contributed by atoms with Crippen LogP contribution < -0.4 is 14.2 Å². The van der Waals surface area contributed by atoms with Crippen LogP contribution in [0.1, 0.15) is 58.9 Å². The zero-order valence-electron chi connectivity index (χ0n) is 20.8. The molecular formula is C30H32O5. The predicted molar refractivity (Wildman–Crippen MR) is 137 cm³/mol. The molecule has 5 nitrogen and oxygen atoms in total. The van der Waals surface area contributed by atoms with Crippen molar-refractivity contribution in [3.63, 3.8) is 0 Å². The summed E-state index contributed by atoms with van der Waals surface area (Å²) >= 11 is 0. The van der Waals surface area contributed by atoms with Gasteiger partial charge in [-0.2, -0.15) is 0 Å². The molecule has 3 aromatic rings. The summed E-state index contributed by atoms with van der Waals surface area (Å²) in [6.07, 6.45) is 4.71. The first-order valence-electron chi connectivity index (χ1n) is 11.9. The Kier molecular flexibility index (Phi) is 7.27. The van der Waals surface area contributed by atoms with Crippen LogP contribution in [0.2, 0.25) is 0 Å². The minimum absolute atomic E-state index is 0.187. The van der Waals surface area contributed by atoms with Gasteiger partial charge in [-0.1, -0.05) is 43.3 Å². The summed E-state index contributed by atoms with van der Waals surface area (Å²) < 4.78 is 18.2. The van der Waals surface area contributed by atoms with Crippen LogP contribution >= 0.6 is 0 Å². The number of fused-ring (bicyclic) bond motifs is 1. The summed E-state index contributed by atoms with van der Waals surface area (Å²) in [7, 11) is 0. The zero-order valence-corrected chi connectivity index (χ0v) is 20.8. The van der Waals surface area contributed by atoms with Crippen molar-refractivity contribution >= 4 is 11.9 Å². The van der Waals surface area contributed by atoms with Crippen LogP contribution in [0.4, 0.5) is 0 Å². The highest BCUT2D eigenvalue weighted by atomic mass is 16.5. The van der Waals surface area contributed by atoms with Gasteiger partial charge >= 0.3 is 0 Å². The van der Waals surface area contributed by atoms with Gasteiger partial charge in [0.2, 0.25) is 5.78 Å². The normalized spacial score (nSPS) is 13.6. The van der Waals surface area contributed by atoms with Crippen LogP contribution in [-0.2, 0) is 19.6 Å². The molecule has 0 saturated carbocycles. The summed E-state index contributed by atoms with van der Waals surface area (Å²) in [6, 6.07) is 17.4. The summed E-state index contributed by atoms with van der Waals surface area (Å²) in [5.41, 5.74) is 4.36. The number of ether oxygens (including phenoxy) is 3. The van der Waals surface area contributed by atoms with Crippen molar-refractivity contribution in [2.24, 2.45) is 0 Å². The van der Waals surface area contributed by atoms with Crippen molar-refractivity contribution in [1.82, 2.24) is 0 Å². The maximum Gasteiger partial charge on any atom is 0.203 e. The van der Waals surface area contributed by atoms with Crippen molar-refractivity contribution in [1.29, 1.82) is 0 Å². The topological polar surface area (TPSA) is 65.0 Å². The minimum atomic E-state index is -0.445. The SMILES string of the molecule is CCc1ccc(C(=O)COc2c3c(cc(C)c2CO)OC(C)(C)C=C3)c(OCc2ccccc2)c1. The van der Waals surface area contributed by atoms with Crippen molar-refractivity contribution in [2.45, 2.75) is 52.9 Å². The number of hydrogen-bond acceptors (Lipinski definition) is 5. The van der Waals surface area contributed by atoms with E-state index in [1.807, 2.05) is 81.5 Å². The molecule has 0 unspecified atom stereocenters. The van der Waals surface area contributed by atoms with E-state index in [-0.39, 0.29) is 19.0 Å². The molecule has 0 aromatic heterocycles. The molecule has 1 N–H and O–H groups in total. The van der Waals surface area contributed by atoms with Crippen LogP contribution in [0.25, 0.3) is 6.08 Å². The van der Waals surface area contributed by atoms with Crippen LogP contribution in [0.3, 0.4) is 0 Å². The summed E-state index contributed by atoms with van der Waals surface area (Å²) in [5.74, 6) is 1.49. The van der Waals surface area contributed by atoms with Gasteiger partial charge < -0.3 is 19.3 Å². The molecule has 5 heteroatoms. The van der Waals surface area contributed by atoms with E-state index in [2.05, 4.69) is 6.92 Å². The molecule has 0 aliphatic carbocycles. The van der Waals surface area contributed by atoms with E-state index in [1.165, 1.54) is 0 Å². The van der Waals surface area contributed by atoms with E-state index < -0.39 is 5.60 Å². The van der Waals surface area contributed by atoms with Crippen molar-refractivity contribution in [2.75, 3.05) is 6.61 Å². The number of aliphatic hydroxyl groups excluding tert-OH is 1. The molecule has 0 amide bonds. The van der Waals surface area contributed by atoms with Crippen LogP contribution in [-0.4, -0.2) is 23.1 Å². The number of rotatable bonds is 9. The molecule has 0 atom stereocenters. The number of ketones is 1. The highest BCUT2D eigenvalue weighted by Crippen LogP contribution is 2.41. The Morgan fingerprint density at radius 2 is 1.80 bits per heavy atom. The Morgan fingerprint density at radius 1 is 1.03 bits per heavy atom. The number of aliphatic hydroxyl groups is 1. The van der Waals surface area contributed by atoms with Gasteiger partial charge in [0.05, 0.1) is 17.7 Å². The van der Waals surface area contributed by atoms with Gasteiger partial charge in [-0.15, -0.1) is 0 Å². The Hall–Kier alpha value is -3.57. The molecule has 1 aliphatic rings. The lowest BCUT2D eigenvalue weighted by atomic mass is 9.97. The molecule has 1 heterocycles. The third-order valence-electron chi connectivity index (χ3n) is 6.13. The van der Waals surface area contributed by atoms with Gasteiger partial charge in [-0.25, -0.2) is 0 Å². The van der Waals surface area contributed by atoms with E-state index in [9.17, 15) is 9.90 Å². The molecule has 4 rings (SSSR count). The van der Waals surface area contributed by atoms with Crippen molar-refractivity contribution in [3.05, 3.63) is 94.1 Å². The lowest BCUT2D eigenvalue weighted by Crippen LogP contribution is -2.28. The molecular weight excluding hydrogens is 440 g/mol. The zero-order chi connectivity index (χ0) is 25.0. The average Bonchev–Trinajstić information content (AvgIpc) is 2.85. The number of Topliss-reactive ketones (excluding diaryl/α,β-unsaturated/α-hetero) is 1. The first-order valence-corrected chi connectivity index (χ1v) is 11.9. The highest BCUT2D eigenvalue weighted by Gasteiger charge is 2.27. The van der Waals surface area contributed by atoms with Crippen molar-refractivity contribution in [3.8, 4) is 17.2 Å². The third kappa shape index (κ3) is 5.57. The van der Waals surface area contributed by atoms with E-state index in [0.717, 1.165) is 28.7 Å². The molecule has 3 aromatic carbocycles. The number of carbonyl (C=O) groups is 1. The Labute approximate surface area is 207 Å². The van der Waals surface area contributed by atoms with E-state index in [4.69, 9.17) is 14.2 Å². The lowest BCUT2D eigenvalue weighted by Gasteiger charge is -2.30. The van der Waals surface area contributed by atoms with E-state index >= 15 is 0 Å². The van der Waals surface area contributed by atoms with E-state index in [1.54, 1.807) is 6.07 Å². The molecule has 182 valence electrons. The second-order valence-corrected chi connectivity index (χ2v) is 9.28. The Morgan fingerprint density at radius 3 is 2.51 bits per heavy atom. The van der Waals surface area contributed by atoms with Crippen LogP contribution in [0.5, 0.6) is 17.2 Å². The number of carbonyl (C=O) groups excluding carboxylic acids is 1. The predicted octanol–water partition coefficient (Wildman–Crippen LogP) is 6.07. The maximum absolute atomic E-state index is 13.3. The second-order valence-electron chi connectivity index (χ2n) is 9.28. The molecule has 1 aliphatic heterocycles. The van der Waals surface area contributed by atoms with E-state index in [0.29, 0.717) is 35.0 Å². The quantitative estimate of drug-likeness (QED) is 0.383. The standard InChI is InChI=1S/C30H32O5/c1-5-21-11-12-23(27(16-21)33-18-22-9-7-6-8-10-22)26(32)19-34-29-24-13-14-30(3,4)35-28(24)15-20(2)25(29)17-31/h6-16,31H,5,17-19H2,1-4H3. The fraction of sp³-hybridized carbons (Fsp3) is 0.300. The molecule has 0 fully saturated rings. The molecule has 0 saturated heterocycles. The molecule has 0 radical (unpaired) electrons. The molecule has 0 spiro atoms. The van der Waals surface area contributed by atoms with Crippen LogP contribution in [0.15, 0.2) is 60.7 Å². The van der Waals surface area contributed by atoms with Gasteiger partial charge in [0, 0.05) is 5.56 Å². The third-order valence-corrected chi connectivity index (χ3v) is 6.13. The molecule has 0 bridgehead atoms. The summed E-state index contributed by atoms with van der Waals surface area (Å²) in [6.45, 7) is 7.89. The first kappa shape index (κ1) is 24.6. The second kappa shape index (κ2) is 10.4.